The van der Waals surface area contributed by atoms with Crippen LogP contribution in [0, 0.1) is 0 Å². The number of carbonyl (C=O) groups excluding carboxylic acids is 2. The van der Waals surface area contributed by atoms with E-state index in [1.165, 1.54) is 0 Å². The van der Waals surface area contributed by atoms with Gasteiger partial charge in [0.05, 0.1) is 12.5 Å². The Balaban J connectivity index is 1.77. The van der Waals surface area contributed by atoms with Crippen LogP contribution in [0.2, 0.25) is 10.0 Å². The molecule has 1 N–H and O–H groups in total. The van der Waals surface area contributed by atoms with Crippen LogP contribution in [0.4, 0.5) is 5.69 Å². The van der Waals surface area contributed by atoms with Gasteiger partial charge in [-0.25, -0.2) is 4.79 Å². The SMILES string of the molecule is CCOC(=O)C1=NN(C2CCCCC2)C2(C(=O)Nc3cc(Cl)ccc32)C1c1cccc(Cl)c1. The topological polar surface area (TPSA) is 71.0 Å². The number of nitrogens with one attached hydrogen (secondary N) is 1. The Morgan fingerprint density at radius 1 is 1.15 bits per heavy atom. The quantitative estimate of drug-likeness (QED) is 0.580. The third-order valence-electron chi connectivity index (χ3n) is 6.84. The highest BCUT2D eigenvalue weighted by molar-refractivity contribution is 6.41. The molecule has 6 nitrogen and oxygen atoms in total. The van der Waals surface area contributed by atoms with Crippen molar-refractivity contribution in [2.45, 2.75) is 56.5 Å². The van der Waals surface area contributed by atoms with Crippen molar-refractivity contribution < 1.29 is 14.3 Å². The number of amides is 1. The monoisotopic (exact) mass is 485 g/mol. The zero-order valence-corrected chi connectivity index (χ0v) is 19.8. The van der Waals surface area contributed by atoms with Gasteiger partial charge in [-0.2, -0.15) is 5.10 Å². The van der Waals surface area contributed by atoms with Crippen molar-refractivity contribution in [1.82, 2.24) is 5.01 Å². The van der Waals surface area contributed by atoms with E-state index in [9.17, 15) is 9.59 Å². The van der Waals surface area contributed by atoms with Crippen LogP contribution in [0.1, 0.15) is 56.1 Å². The molecule has 1 fully saturated rings. The predicted octanol–water partition coefficient (Wildman–Crippen LogP) is 5.49. The third kappa shape index (κ3) is 3.51. The normalized spacial score (nSPS) is 24.6. The Morgan fingerprint density at radius 3 is 2.64 bits per heavy atom. The number of hydrogen-bond acceptors (Lipinski definition) is 5. The van der Waals surface area contributed by atoms with Crippen molar-refractivity contribution in [1.29, 1.82) is 0 Å². The maximum atomic E-state index is 14.0. The molecule has 0 radical (unpaired) electrons. The molecule has 2 aromatic carbocycles. The minimum atomic E-state index is -1.23. The summed E-state index contributed by atoms with van der Waals surface area (Å²) in [4.78, 5) is 27.1. The van der Waals surface area contributed by atoms with Gasteiger partial charge in [-0.1, -0.05) is 60.7 Å². The first kappa shape index (κ1) is 22.2. The summed E-state index contributed by atoms with van der Waals surface area (Å²) < 4.78 is 5.41. The first-order valence-electron chi connectivity index (χ1n) is 11.4. The predicted molar refractivity (Wildman–Crippen MR) is 129 cm³/mol. The summed E-state index contributed by atoms with van der Waals surface area (Å²) in [6.07, 6.45) is 5.07. The number of rotatable bonds is 4. The number of ether oxygens (including phenoxy) is 1. The second kappa shape index (κ2) is 8.65. The van der Waals surface area contributed by atoms with Crippen LogP contribution < -0.4 is 5.32 Å². The molecular formula is C25H25Cl2N3O3. The third-order valence-corrected chi connectivity index (χ3v) is 7.31. The largest absolute Gasteiger partial charge is 0.461 e. The van der Waals surface area contributed by atoms with E-state index in [2.05, 4.69) is 5.32 Å². The van der Waals surface area contributed by atoms with Crippen LogP contribution in [0.3, 0.4) is 0 Å². The molecule has 172 valence electrons. The Labute approximate surface area is 202 Å². The average Bonchev–Trinajstić information content (AvgIpc) is 3.30. The van der Waals surface area contributed by atoms with Crippen molar-refractivity contribution in [3.63, 3.8) is 0 Å². The van der Waals surface area contributed by atoms with Crippen molar-refractivity contribution in [2.75, 3.05) is 11.9 Å². The lowest BCUT2D eigenvalue weighted by Gasteiger charge is -2.42. The Kier molecular flexibility index (Phi) is 5.83. The molecular weight excluding hydrogens is 461 g/mol. The second-order valence-corrected chi connectivity index (χ2v) is 9.61. The van der Waals surface area contributed by atoms with Gasteiger partial charge in [0.2, 0.25) is 0 Å². The van der Waals surface area contributed by atoms with Crippen molar-refractivity contribution in [3.05, 3.63) is 63.6 Å². The number of anilines is 1. The average molecular weight is 486 g/mol. The van der Waals surface area contributed by atoms with Crippen LogP contribution in [0.15, 0.2) is 47.6 Å². The Hall–Kier alpha value is -2.57. The number of halogens is 2. The summed E-state index contributed by atoms with van der Waals surface area (Å²) >= 11 is 12.6. The van der Waals surface area contributed by atoms with E-state index in [4.69, 9.17) is 33.0 Å². The van der Waals surface area contributed by atoms with Gasteiger partial charge in [-0.15, -0.1) is 0 Å². The fourth-order valence-electron chi connectivity index (χ4n) is 5.53. The fraction of sp³-hybridized carbons (Fsp3) is 0.400. The molecule has 1 saturated carbocycles. The molecule has 1 spiro atoms. The zero-order valence-electron chi connectivity index (χ0n) is 18.3. The van der Waals surface area contributed by atoms with E-state index in [1.807, 2.05) is 23.2 Å². The molecule has 2 atom stereocenters. The zero-order chi connectivity index (χ0) is 23.2. The van der Waals surface area contributed by atoms with Gasteiger partial charge in [0.15, 0.2) is 11.3 Å². The fourth-order valence-corrected chi connectivity index (χ4v) is 5.90. The maximum absolute atomic E-state index is 14.0. The number of hydrazone groups is 1. The molecule has 0 aromatic heterocycles. The van der Waals surface area contributed by atoms with Gasteiger partial charge in [0.1, 0.15) is 0 Å². The summed E-state index contributed by atoms with van der Waals surface area (Å²) in [6, 6.07) is 12.7. The van der Waals surface area contributed by atoms with Crippen LogP contribution in [-0.4, -0.2) is 35.2 Å². The molecule has 2 heterocycles. The smallest absolute Gasteiger partial charge is 0.355 e. The van der Waals surface area contributed by atoms with Gasteiger partial charge in [-0.3, -0.25) is 9.80 Å². The van der Waals surface area contributed by atoms with Crippen LogP contribution in [0.25, 0.3) is 0 Å². The summed E-state index contributed by atoms with van der Waals surface area (Å²) in [5.41, 5.74) is 1.14. The number of benzene rings is 2. The lowest BCUT2D eigenvalue weighted by atomic mass is 9.72. The van der Waals surface area contributed by atoms with Gasteiger partial charge >= 0.3 is 5.97 Å². The van der Waals surface area contributed by atoms with Crippen molar-refractivity contribution >= 4 is 46.5 Å². The molecule has 2 aromatic rings. The second-order valence-electron chi connectivity index (χ2n) is 8.74. The number of esters is 1. The van der Waals surface area contributed by atoms with E-state index in [-0.39, 0.29) is 24.3 Å². The van der Waals surface area contributed by atoms with Gasteiger partial charge in [0.25, 0.3) is 5.91 Å². The summed E-state index contributed by atoms with van der Waals surface area (Å²) in [6.45, 7) is 1.98. The summed E-state index contributed by atoms with van der Waals surface area (Å²) in [5, 5.41) is 10.8. The van der Waals surface area contributed by atoms with Crippen LogP contribution in [-0.2, 0) is 19.9 Å². The van der Waals surface area contributed by atoms with E-state index in [0.717, 1.165) is 43.2 Å². The van der Waals surface area contributed by atoms with Gasteiger partial charge in [0, 0.05) is 27.3 Å². The molecule has 2 aliphatic heterocycles. The highest BCUT2D eigenvalue weighted by Gasteiger charge is 2.64. The van der Waals surface area contributed by atoms with Crippen molar-refractivity contribution in [2.24, 2.45) is 5.10 Å². The van der Waals surface area contributed by atoms with Crippen LogP contribution in [0.5, 0.6) is 0 Å². The van der Waals surface area contributed by atoms with E-state index < -0.39 is 17.4 Å². The van der Waals surface area contributed by atoms with E-state index in [1.54, 1.807) is 31.2 Å². The molecule has 3 aliphatic rings. The Bertz CT molecular complexity index is 1150. The standard InChI is InChI=1S/C25H25Cl2N3O3/c1-2-33-23(31)22-21(15-7-6-8-16(26)13-15)25(30(29-22)18-9-4-3-5-10-18)19-12-11-17(27)14-20(19)28-24(25)32/h6-8,11-14,18,21H,2-5,9-10H2,1H3,(H,28,32). The highest BCUT2D eigenvalue weighted by Crippen LogP contribution is 2.56. The highest BCUT2D eigenvalue weighted by atomic mass is 35.5. The van der Waals surface area contributed by atoms with Gasteiger partial charge in [-0.05, 0) is 49.6 Å². The minimum Gasteiger partial charge on any atom is -0.461 e. The lowest BCUT2D eigenvalue weighted by molar-refractivity contribution is -0.135. The molecule has 0 saturated heterocycles. The molecule has 33 heavy (non-hydrogen) atoms. The Morgan fingerprint density at radius 2 is 1.91 bits per heavy atom. The molecule has 2 unspecified atom stereocenters. The van der Waals surface area contributed by atoms with Crippen LogP contribution >= 0.6 is 23.2 Å². The number of nitrogens with zero attached hydrogens (tertiary/aromatic N) is 2. The van der Waals surface area contributed by atoms with Crippen molar-refractivity contribution in [3.8, 4) is 0 Å². The molecule has 0 bridgehead atoms. The first-order valence-corrected chi connectivity index (χ1v) is 12.1. The summed E-state index contributed by atoms with van der Waals surface area (Å²) in [5.74, 6) is -1.42. The van der Waals surface area contributed by atoms with Gasteiger partial charge < -0.3 is 10.1 Å². The number of carbonyl (C=O) groups is 2. The molecule has 1 amide bonds. The first-order chi connectivity index (χ1) is 16.0. The minimum absolute atomic E-state index is 0.0275. The maximum Gasteiger partial charge on any atom is 0.355 e. The number of hydrogen-bond donors (Lipinski definition) is 1. The lowest BCUT2D eigenvalue weighted by Crippen LogP contribution is -2.54. The molecule has 5 rings (SSSR count). The summed E-state index contributed by atoms with van der Waals surface area (Å²) in [7, 11) is 0. The van der Waals surface area contributed by atoms with E-state index in [0.29, 0.717) is 15.7 Å². The number of fused-ring (bicyclic) bond motifs is 2. The van der Waals surface area contributed by atoms with E-state index >= 15 is 0 Å². The molecule has 8 heteroatoms. The molecule has 1 aliphatic carbocycles.